The van der Waals surface area contributed by atoms with Gasteiger partial charge in [0.25, 0.3) is 11.8 Å². The van der Waals surface area contributed by atoms with Gasteiger partial charge in [-0.2, -0.15) is 0 Å². The lowest BCUT2D eigenvalue weighted by Crippen LogP contribution is -2.49. The van der Waals surface area contributed by atoms with Gasteiger partial charge in [-0.25, -0.2) is 0 Å². The summed E-state index contributed by atoms with van der Waals surface area (Å²) >= 11 is 0. The molecule has 2 amide bonds. The number of fused-ring (bicyclic) bond motifs is 1. The van der Waals surface area contributed by atoms with Crippen LogP contribution in [0.15, 0.2) is 36.4 Å². The smallest absolute Gasteiger partial charge is 0.260 e. The first-order valence-corrected chi connectivity index (χ1v) is 10.9. The number of nitrogens with zero attached hydrogens (tertiary/aromatic N) is 2. The molecule has 2 heterocycles. The summed E-state index contributed by atoms with van der Waals surface area (Å²) in [4.78, 5) is 29.9. The molecule has 2 aliphatic rings. The van der Waals surface area contributed by atoms with Crippen LogP contribution < -0.4 is 4.74 Å². The van der Waals surface area contributed by atoms with Crippen LogP contribution in [0.25, 0.3) is 10.8 Å². The maximum Gasteiger partial charge on any atom is 0.260 e. The van der Waals surface area contributed by atoms with E-state index in [1.54, 1.807) is 4.90 Å². The third-order valence-corrected chi connectivity index (χ3v) is 6.21. The second-order valence-corrected chi connectivity index (χ2v) is 8.32. The van der Waals surface area contributed by atoms with Crippen molar-refractivity contribution in [3.05, 3.63) is 42.0 Å². The van der Waals surface area contributed by atoms with Crippen molar-refractivity contribution in [2.45, 2.75) is 45.2 Å². The minimum Gasteiger partial charge on any atom is -0.483 e. The van der Waals surface area contributed by atoms with Gasteiger partial charge < -0.3 is 19.3 Å². The van der Waals surface area contributed by atoms with E-state index >= 15 is 0 Å². The molecule has 0 bridgehead atoms. The Morgan fingerprint density at radius 3 is 2.33 bits per heavy atom. The summed E-state index contributed by atoms with van der Waals surface area (Å²) in [5.74, 6) is 0.370. The first-order valence-electron chi connectivity index (χ1n) is 10.9. The van der Waals surface area contributed by atoms with Crippen LogP contribution in [0.5, 0.6) is 5.75 Å². The van der Waals surface area contributed by atoms with Crippen molar-refractivity contribution in [3.63, 3.8) is 0 Å². The standard InChI is InChI=1S/C24H30N2O4/c1-17-6-5-7-18(2)26(17)23(27)16-30-22-15-20-9-4-3-8-19(20)14-21(22)24(28)25-10-12-29-13-11-25/h3-4,8-9,14-15,17-18H,5-7,10-13,16H2,1-2H3/t17-,18-/m0/s1. The number of hydrogen-bond donors (Lipinski definition) is 0. The molecule has 0 spiro atoms. The molecule has 2 atom stereocenters. The van der Waals surface area contributed by atoms with E-state index in [2.05, 4.69) is 13.8 Å². The summed E-state index contributed by atoms with van der Waals surface area (Å²) in [6, 6.07) is 12.1. The number of hydrogen-bond acceptors (Lipinski definition) is 4. The zero-order valence-electron chi connectivity index (χ0n) is 17.8. The molecular weight excluding hydrogens is 380 g/mol. The summed E-state index contributed by atoms with van der Waals surface area (Å²) in [7, 11) is 0. The van der Waals surface area contributed by atoms with E-state index < -0.39 is 0 Å². The number of likely N-dealkylation sites (tertiary alicyclic amines) is 1. The maximum atomic E-state index is 13.2. The van der Waals surface area contributed by atoms with E-state index in [1.807, 2.05) is 41.3 Å². The quantitative estimate of drug-likeness (QED) is 0.774. The Bertz CT molecular complexity index is 913. The predicted molar refractivity (Wildman–Crippen MR) is 116 cm³/mol. The monoisotopic (exact) mass is 410 g/mol. The summed E-state index contributed by atoms with van der Waals surface area (Å²) in [5, 5.41) is 1.96. The van der Waals surface area contributed by atoms with Gasteiger partial charge in [0.05, 0.1) is 18.8 Å². The van der Waals surface area contributed by atoms with Crippen LogP contribution in [0, 0.1) is 0 Å². The van der Waals surface area contributed by atoms with E-state index in [0.29, 0.717) is 37.6 Å². The van der Waals surface area contributed by atoms with Crippen molar-refractivity contribution in [3.8, 4) is 5.75 Å². The molecule has 4 rings (SSSR count). The number of amides is 2. The van der Waals surface area contributed by atoms with Gasteiger partial charge in [0.15, 0.2) is 6.61 Å². The number of piperidine rings is 1. The first-order chi connectivity index (χ1) is 14.5. The van der Waals surface area contributed by atoms with Gasteiger partial charge in [0.2, 0.25) is 0 Å². The van der Waals surface area contributed by atoms with Gasteiger partial charge in [-0.15, -0.1) is 0 Å². The Balaban J connectivity index is 1.58. The van der Waals surface area contributed by atoms with Gasteiger partial charge in [-0.05, 0) is 56.0 Å². The molecule has 0 unspecified atom stereocenters. The molecule has 2 fully saturated rings. The van der Waals surface area contributed by atoms with Crippen molar-refractivity contribution in [1.82, 2.24) is 9.80 Å². The molecule has 0 radical (unpaired) electrons. The molecule has 0 N–H and O–H groups in total. The molecule has 2 aromatic carbocycles. The number of carbonyl (C=O) groups is 2. The minimum atomic E-state index is -0.0776. The average molecular weight is 411 g/mol. The number of benzene rings is 2. The van der Waals surface area contributed by atoms with Gasteiger partial charge in [-0.1, -0.05) is 24.3 Å². The fourth-order valence-electron chi connectivity index (χ4n) is 4.57. The lowest BCUT2D eigenvalue weighted by atomic mass is 9.97. The van der Waals surface area contributed by atoms with Crippen molar-refractivity contribution in [2.24, 2.45) is 0 Å². The molecule has 0 aliphatic carbocycles. The Kier molecular flexibility index (Phi) is 6.23. The predicted octanol–water partition coefficient (Wildman–Crippen LogP) is 3.48. The molecule has 2 aliphatic heterocycles. The molecule has 0 saturated carbocycles. The highest BCUT2D eigenvalue weighted by Gasteiger charge is 2.29. The molecule has 2 aromatic rings. The largest absolute Gasteiger partial charge is 0.483 e. The lowest BCUT2D eigenvalue weighted by Gasteiger charge is -2.39. The van der Waals surface area contributed by atoms with Crippen LogP contribution >= 0.6 is 0 Å². The third-order valence-electron chi connectivity index (χ3n) is 6.21. The molecule has 0 aromatic heterocycles. The normalized spacial score (nSPS) is 22.2. The van der Waals surface area contributed by atoms with E-state index in [1.165, 1.54) is 0 Å². The number of carbonyl (C=O) groups excluding carboxylic acids is 2. The Morgan fingerprint density at radius 1 is 1.03 bits per heavy atom. The maximum absolute atomic E-state index is 13.2. The van der Waals surface area contributed by atoms with Gasteiger partial charge in [0.1, 0.15) is 5.75 Å². The van der Waals surface area contributed by atoms with Crippen LogP contribution in [0.1, 0.15) is 43.5 Å². The van der Waals surface area contributed by atoms with E-state index in [9.17, 15) is 9.59 Å². The molecule has 2 saturated heterocycles. The lowest BCUT2D eigenvalue weighted by molar-refractivity contribution is -0.139. The summed E-state index contributed by atoms with van der Waals surface area (Å²) in [5.41, 5.74) is 0.503. The highest BCUT2D eigenvalue weighted by atomic mass is 16.5. The third kappa shape index (κ3) is 4.29. The average Bonchev–Trinajstić information content (AvgIpc) is 2.77. The van der Waals surface area contributed by atoms with E-state index in [-0.39, 0.29) is 30.5 Å². The van der Waals surface area contributed by atoms with Crippen molar-refractivity contribution < 1.29 is 19.1 Å². The Morgan fingerprint density at radius 2 is 1.67 bits per heavy atom. The summed E-state index contributed by atoms with van der Waals surface area (Å²) in [6.45, 7) is 6.33. The zero-order valence-corrected chi connectivity index (χ0v) is 17.8. The highest BCUT2D eigenvalue weighted by molar-refractivity contribution is 6.01. The van der Waals surface area contributed by atoms with E-state index in [4.69, 9.17) is 9.47 Å². The van der Waals surface area contributed by atoms with Crippen LogP contribution in [-0.4, -0.2) is 66.6 Å². The van der Waals surface area contributed by atoms with Crippen molar-refractivity contribution in [1.29, 1.82) is 0 Å². The highest BCUT2D eigenvalue weighted by Crippen LogP contribution is 2.28. The molecule has 30 heavy (non-hydrogen) atoms. The van der Waals surface area contributed by atoms with Crippen LogP contribution in [-0.2, 0) is 9.53 Å². The van der Waals surface area contributed by atoms with Crippen LogP contribution in [0.2, 0.25) is 0 Å². The molecular formula is C24H30N2O4. The number of rotatable bonds is 4. The minimum absolute atomic E-state index is 0.0207. The van der Waals surface area contributed by atoms with Gasteiger partial charge in [-0.3, -0.25) is 9.59 Å². The molecule has 6 heteroatoms. The second kappa shape index (κ2) is 9.04. The fourth-order valence-corrected chi connectivity index (χ4v) is 4.57. The SMILES string of the molecule is C[C@H]1CCC[C@H](C)N1C(=O)COc1cc2ccccc2cc1C(=O)N1CCOCC1. The van der Waals surface area contributed by atoms with Crippen LogP contribution in [0.4, 0.5) is 0 Å². The van der Waals surface area contributed by atoms with E-state index in [0.717, 1.165) is 30.0 Å². The van der Waals surface area contributed by atoms with Crippen molar-refractivity contribution >= 4 is 22.6 Å². The Labute approximate surface area is 177 Å². The van der Waals surface area contributed by atoms with Gasteiger partial charge in [0, 0.05) is 25.2 Å². The molecule has 160 valence electrons. The molecule has 6 nitrogen and oxygen atoms in total. The Hall–Kier alpha value is -2.60. The fraction of sp³-hybridized carbons (Fsp3) is 0.500. The summed E-state index contributed by atoms with van der Waals surface area (Å²) in [6.07, 6.45) is 3.19. The first kappa shape index (κ1) is 20.7. The van der Waals surface area contributed by atoms with Crippen LogP contribution in [0.3, 0.4) is 0 Å². The zero-order chi connectivity index (χ0) is 21.1. The second-order valence-electron chi connectivity index (χ2n) is 8.32. The topological polar surface area (TPSA) is 59.1 Å². The number of morpholine rings is 1. The van der Waals surface area contributed by atoms with Crippen molar-refractivity contribution in [2.75, 3.05) is 32.9 Å². The number of ether oxygens (including phenoxy) is 2. The summed E-state index contributed by atoms with van der Waals surface area (Å²) < 4.78 is 11.4. The van der Waals surface area contributed by atoms with Gasteiger partial charge >= 0.3 is 0 Å².